The summed E-state index contributed by atoms with van der Waals surface area (Å²) in [5.74, 6) is 0. The van der Waals surface area contributed by atoms with E-state index in [2.05, 4.69) is 36.0 Å². The van der Waals surface area contributed by atoms with Crippen LogP contribution in [0.5, 0.6) is 0 Å². The molecule has 0 amide bonds. The largest absolute Gasteiger partial charge is 0.326 e. The molecule has 0 aliphatic heterocycles. The van der Waals surface area contributed by atoms with Gasteiger partial charge in [-0.15, -0.1) is 0 Å². The van der Waals surface area contributed by atoms with E-state index >= 15 is 0 Å². The predicted molar refractivity (Wildman–Crippen MR) is 95.6 cm³/mol. The second kappa shape index (κ2) is 13.8. The van der Waals surface area contributed by atoms with E-state index in [1.54, 1.807) is 0 Å². The Morgan fingerprint density at radius 3 is 1.91 bits per heavy atom. The monoisotopic (exact) mass is 305 g/mol. The van der Waals surface area contributed by atoms with Gasteiger partial charge in [-0.3, -0.25) is 0 Å². The summed E-state index contributed by atoms with van der Waals surface area (Å²) in [5, 5.41) is 0. The third-order valence-corrected chi connectivity index (χ3v) is 4.43. The van der Waals surface area contributed by atoms with E-state index in [0.717, 1.165) is 6.54 Å². The normalized spacial score (nSPS) is 11.0. The van der Waals surface area contributed by atoms with E-state index in [1.807, 2.05) is 0 Å². The topological polar surface area (TPSA) is 29.9 Å². The molecule has 22 heavy (non-hydrogen) atoms. The van der Waals surface area contributed by atoms with Crippen LogP contribution in [-0.4, -0.2) is 0 Å². The number of nitrogens with zero attached hydrogens (tertiary/aromatic N) is 1. The lowest BCUT2D eigenvalue weighted by atomic mass is 10.1. The number of nitrogens with two attached hydrogens (primary N) is 1. The zero-order valence-electron chi connectivity index (χ0n) is 14.7. The van der Waals surface area contributed by atoms with Crippen LogP contribution in [0.3, 0.4) is 0 Å². The van der Waals surface area contributed by atoms with E-state index in [0.29, 0.717) is 6.54 Å². The van der Waals surface area contributed by atoms with E-state index < -0.39 is 0 Å². The molecular formula is C20H37N2+. The molecule has 1 aromatic heterocycles. The molecule has 0 unspecified atom stereocenters. The zero-order chi connectivity index (χ0) is 15.9. The fourth-order valence-corrected chi connectivity index (χ4v) is 2.97. The van der Waals surface area contributed by atoms with Crippen LogP contribution in [-0.2, 0) is 13.1 Å². The molecule has 0 fully saturated rings. The maximum absolute atomic E-state index is 5.67. The Morgan fingerprint density at radius 2 is 1.36 bits per heavy atom. The molecule has 0 atom stereocenters. The van der Waals surface area contributed by atoms with Crippen LogP contribution < -0.4 is 10.3 Å². The van der Waals surface area contributed by atoms with Gasteiger partial charge in [0, 0.05) is 24.6 Å². The van der Waals surface area contributed by atoms with Crippen LogP contribution in [0.2, 0.25) is 0 Å². The Balaban J connectivity index is 1.87. The number of hydrogen-bond acceptors (Lipinski definition) is 1. The molecular weight excluding hydrogens is 268 g/mol. The standard InChI is InChI=1S/C20H37N2/c1-2-3-4-5-6-7-8-9-10-11-12-13-16-22-17-14-15-20(18-21)19-22/h14-15,17,19H,2-13,16,18,21H2,1H3/q+1. The van der Waals surface area contributed by atoms with Gasteiger partial charge in [-0.25, -0.2) is 4.57 Å². The number of pyridine rings is 1. The molecule has 2 heteroatoms. The zero-order valence-corrected chi connectivity index (χ0v) is 14.7. The Kier molecular flexibility index (Phi) is 12.0. The van der Waals surface area contributed by atoms with Crippen molar-refractivity contribution in [2.24, 2.45) is 5.73 Å². The first-order chi connectivity index (χ1) is 10.9. The molecule has 1 heterocycles. The van der Waals surface area contributed by atoms with Gasteiger partial charge in [0.25, 0.3) is 0 Å². The molecule has 0 spiro atoms. The van der Waals surface area contributed by atoms with Gasteiger partial charge >= 0.3 is 0 Å². The SMILES string of the molecule is CCCCCCCCCCCCCC[n+]1cccc(CN)c1. The predicted octanol–water partition coefficient (Wildman–Crippen LogP) is 5.13. The highest BCUT2D eigenvalue weighted by Gasteiger charge is 2.01. The highest BCUT2D eigenvalue weighted by molar-refractivity contribution is 5.03. The van der Waals surface area contributed by atoms with Gasteiger partial charge in [-0.2, -0.15) is 0 Å². The Hall–Kier alpha value is -0.890. The Bertz CT molecular complexity index is 362. The van der Waals surface area contributed by atoms with Crippen LogP contribution in [0.4, 0.5) is 0 Å². The molecule has 126 valence electrons. The highest BCUT2D eigenvalue weighted by atomic mass is 14.9. The molecule has 0 bridgehead atoms. The van der Waals surface area contributed by atoms with Crippen molar-refractivity contribution in [3.05, 3.63) is 30.1 Å². The second-order valence-corrected chi connectivity index (χ2v) is 6.54. The minimum Gasteiger partial charge on any atom is -0.326 e. The van der Waals surface area contributed by atoms with Crippen LogP contribution >= 0.6 is 0 Å². The number of aromatic nitrogens is 1. The van der Waals surface area contributed by atoms with Crippen LogP contribution in [0.25, 0.3) is 0 Å². The highest BCUT2D eigenvalue weighted by Crippen LogP contribution is 2.11. The molecule has 0 saturated carbocycles. The summed E-state index contributed by atoms with van der Waals surface area (Å²) in [4.78, 5) is 0. The van der Waals surface area contributed by atoms with Crippen molar-refractivity contribution in [1.82, 2.24) is 0 Å². The minimum absolute atomic E-state index is 0.638. The van der Waals surface area contributed by atoms with Gasteiger partial charge in [-0.05, 0) is 12.5 Å². The summed E-state index contributed by atoms with van der Waals surface area (Å²) in [5.41, 5.74) is 6.90. The maximum Gasteiger partial charge on any atom is 0.173 e. The van der Waals surface area contributed by atoms with Gasteiger partial charge in [0.15, 0.2) is 12.4 Å². The molecule has 0 aliphatic carbocycles. The summed E-state index contributed by atoms with van der Waals surface area (Å²) < 4.78 is 2.28. The smallest absolute Gasteiger partial charge is 0.173 e. The number of rotatable bonds is 14. The Labute approximate surface area is 138 Å². The summed E-state index contributed by atoms with van der Waals surface area (Å²) in [6, 6.07) is 4.20. The second-order valence-electron chi connectivity index (χ2n) is 6.54. The summed E-state index contributed by atoms with van der Waals surface area (Å²) in [6.07, 6.45) is 21.2. The van der Waals surface area contributed by atoms with Crippen molar-refractivity contribution < 1.29 is 4.57 Å². The molecule has 0 radical (unpaired) electrons. The van der Waals surface area contributed by atoms with Crippen molar-refractivity contribution in [3.63, 3.8) is 0 Å². The van der Waals surface area contributed by atoms with Crippen LogP contribution in [0.1, 0.15) is 89.5 Å². The van der Waals surface area contributed by atoms with Crippen LogP contribution in [0, 0.1) is 0 Å². The van der Waals surface area contributed by atoms with Crippen molar-refractivity contribution in [2.45, 2.75) is 97.1 Å². The summed E-state index contributed by atoms with van der Waals surface area (Å²) in [6.45, 7) is 4.05. The first-order valence-corrected chi connectivity index (χ1v) is 9.55. The average molecular weight is 306 g/mol. The number of unbranched alkanes of at least 4 members (excludes halogenated alkanes) is 11. The summed E-state index contributed by atoms with van der Waals surface area (Å²) >= 11 is 0. The van der Waals surface area contributed by atoms with E-state index in [9.17, 15) is 0 Å². The molecule has 2 N–H and O–H groups in total. The number of hydrogen-bond donors (Lipinski definition) is 1. The van der Waals surface area contributed by atoms with Gasteiger partial charge in [0.2, 0.25) is 0 Å². The van der Waals surface area contributed by atoms with E-state index in [4.69, 9.17) is 5.73 Å². The Morgan fingerprint density at radius 1 is 0.818 bits per heavy atom. The molecule has 0 aromatic carbocycles. The van der Waals surface area contributed by atoms with Gasteiger partial charge in [0.1, 0.15) is 6.54 Å². The van der Waals surface area contributed by atoms with Gasteiger partial charge in [-0.1, -0.05) is 71.1 Å². The van der Waals surface area contributed by atoms with Crippen molar-refractivity contribution >= 4 is 0 Å². The van der Waals surface area contributed by atoms with Crippen LogP contribution in [0.15, 0.2) is 24.5 Å². The van der Waals surface area contributed by atoms with Crippen molar-refractivity contribution in [1.29, 1.82) is 0 Å². The van der Waals surface area contributed by atoms with E-state index in [1.165, 1.54) is 82.6 Å². The van der Waals surface area contributed by atoms with E-state index in [-0.39, 0.29) is 0 Å². The van der Waals surface area contributed by atoms with Gasteiger partial charge in [0.05, 0.1) is 0 Å². The number of aryl methyl sites for hydroxylation is 1. The fourth-order valence-electron chi connectivity index (χ4n) is 2.97. The molecule has 0 aliphatic rings. The minimum atomic E-state index is 0.638. The molecule has 1 aromatic rings. The molecule has 0 saturated heterocycles. The molecule has 1 rings (SSSR count). The lowest BCUT2D eigenvalue weighted by molar-refractivity contribution is -0.697. The maximum atomic E-state index is 5.67. The summed E-state index contributed by atoms with van der Waals surface area (Å²) in [7, 11) is 0. The fraction of sp³-hybridized carbons (Fsp3) is 0.750. The lowest BCUT2D eigenvalue weighted by Crippen LogP contribution is -2.33. The first-order valence-electron chi connectivity index (χ1n) is 9.55. The first kappa shape index (κ1) is 19.2. The quantitative estimate of drug-likeness (QED) is 0.374. The van der Waals surface area contributed by atoms with Gasteiger partial charge < -0.3 is 5.73 Å². The third-order valence-electron chi connectivity index (χ3n) is 4.43. The van der Waals surface area contributed by atoms with Crippen molar-refractivity contribution in [3.8, 4) is 0 Å². The average Bonchev–Trinajstić information content (AvgIpc) is 2.56. The van der Waals surface area contributed by atoms with Crippen molar-refractivity contribution in [2.75, 3.05) is 0 Å². The lowest BCUT2D eigenvalue weighted by Gasteiger charge is -2.02. The third kappa shape index (κ3) is 9.94. The molecule has 2 nitrogen and oxygen atoms in total.